The Morgan fingerprint density at radius 1 is 1.24 bits per heavy atom. The Morgan fingerprint density at radius 3 is 2.41 bits per heavy atom. The Balaban J connectivity index is 2.82. The average molecular weight is 244 g/mol. The molecule has 1 rings (SSSR count). The molecular weight excluding hydrogens is 226 g/mol. The topological polar surface area (TPSA) is 29.5 Å². The maximum absolute atomic E-state index is 13.4. The van der Waals surface area contributed by atoms with Gasteiger partial charge in [0.2, 0.25) is 5.82 Å². The van der Waals surface area contributed by atoms with Gasteiger partial charge in [-0.2, -0.15) is 4.39 Å². The molecule has 0 aliphatic heterocycles. The van der Waals surface area contributed by atoms with Gasteiger partial charge in [0.05, 0.1) is 12.7 Å². The third-order valence-corrected chi connectivity index (χ3v) is 2.45. The highest BCUT2D eigenvalue weighted by atomic mass is 19.2. The molecule has 1 aromatic carbocycles. The van der Waals surface area contributed by atoms with Gasteiger partial charge in [-0.05, 0) is 37.0 Å². The van der Waals surface area contributed by atoms with E-state index in [0.717, 1.165) is 12.5 Å². The van der Waals surface area contributed by atoms with Crippen LogP contribution in [0.3, 0.4) is 0 Å². The molecule has 0 amide bonds. The van der Waals surface area contributed by atoms with Gasteiger partial charge in [-0.1, -0.05) is 13.8 Å². The summed E-state index contributed by atoms with van der Waals surface area (Å²) in [5, 5.41) is 9.33. The lowest BCUT2D eigenvalue weighted by Crippen LogP contribution is -2.05. The van der Waals surface area contributed by atoms with Gasteiger partial charge in [0.25, 0.3) is 0 Å². The molecule has 1 aromatic rings. The lowest BCUT2D eigenvalue weighted by molar-refractivity contribution is 0.197. The number of halogens is 2. The van der Waals surface area contributed by atoms with E-state index in [4.69, 9.17) is 4.74 Å². The van der Waals surface area contributed by atoms with E-state index in [2.05, 4.69) is 0 Å². The lowest BCUT2D eigenvalue weighted by atomic mass is 10.1. The predicted molar refractivity (Wildman–Crippen MR) is 61.9 cm³/mol. The summed E-state index contributed by atoms with van der Waals surface area (Å²) in [6, 6.07) is 2.32. The fraction of sp³-hybridized carbons (Fsp3) is 0.538. The van der Waals surface area contributed by atoms with E-state index in [9.17, 15) is 13.9 Å². The van der Waals surface area contributed by atoms with Crippen LogP contribution in [0.25, 0.3) is 0 Å². The monoisotopic (exact) mass is 244 g/mol. The molecule has 2 nitrogen and oxygen atoms in total. The molecule has 0 aromatic heterocycles. The molecule has 0 radical (unpaired) electrons. The van der Waals surface area contributed by atoms with E-state index >= 15 is 0 Å². The van der Waals surface area contributed by atoms with Crippen LogP contribution in [0.2, 0.25) is 0 Å². The maximum atomic E-state index is 13.4. The van der Waals surface area contributed by atoms with Crippen molar-refractivity contribution in [3.05, 3.63) is 29.3 Å². The first-order valence-corrected chi connectivity index (χ1v) is 5.71. The van der Waals surface area contributed by atoms with E-state index in [-0.39, 0.29) is 5.75 Å². The Hall–Kier alpha value is -1.16. The minimum absolute atomic E-state index is 0.137. The zero-order chi connectivity index (χ0) is 13.0. The summed E-state index contributed by atoms with van der Waals surface area (Å²) >= 11 is 0. The Kier molecular flexibility index (Phi) is 4.87. The molecule has 0 saturated heterocycles. The average Bonchev–Trinajstić information content (AvgIpc) is 2.23. The molecule has 0 fully saturated rings. The molecule has 0 aliphatic rings. The van der Waals surface area contributed by atoms with E-state index in [1.807, 2.05) is 13.8 Å². The summed E-state index contributed by atoms with van der Waals surface area (Å²) < 4.78 is 31.8. The van der Waals surface area contributed by atoms with Gasteiger partial charge < -0.3 is 9.84 Å². The van der Waals surface area contributed by atoms with Crippen molar-refractivity contribution < 1.29 is 18.6 Å². The molecular formula is C13H18F2O2. The van der Waals surface area contributed by atoms with E-state index < -0.39 is 17.7 Å². The molecule has 0 aliphatic carbocycles. The first kappa shape index (κ1) is 13.9. The molecule has 1 N–H and O–H groups in total. The first-order chi connectivity index (χ1) is 7.91. The second-order valence-electron chi connectivity index (χ2n) is 4.52. The number of benzene rings is 1. The number of aliphatic hydroxyl groups is 1. The van der Waals surface area contributed by atoms with Gasteiger partial charge in [-0.3, -0.25) is 0 Å². The van der Waals surface area contributed by atoms with Crippen molar-refractivity contribution in [3.63, 3.8) is 0 Å². The summed E-state index contributed by atoms with van der Waals surface area (Å²) in [5.74, 6) is -1.70. The highest BCUT2D eigenvalue weighted by molar-refractivity contribution is 5.32. The Labute approximate surface area is 100 Å². The van der Waals surface area contributed by atoms with Gasteiger partial charge in [0.1, 0.15) is 0 Å². The third-order valence-electron chi connectivity index (χ3n) is 2.45. The zero-order valence-corrected chi connectivity index (χ0v) is 10.3. The summed E-state index contributed by atoms with van der Waals surface area (Å²) in [4.78, 5) is 0. The number of hydrogen-bond donors (Lipinski definition) is 1. The van der Waals surface area contributed by atoms with Crippen LogP contribution < -0.4 is 4.74 Å². The van der Waals surface area contributed by atoms with Gasteiger partial charge in [-0.15, -0.1) is 0 Å². The van der Waals surface area contributed by atoms with Gasteiger partial charge in [0, 0.05) is 0 Å². The minimum Gasteiger partial charge on any atom is -0.490 e. The van der Waals surface area contributed by atoms with Crippen molar-refractivity contribution in [3.8, 4) is 5.75 Å². The van der Waals surface area contributed by atoms with Crippen LogP contribution >= 0.6 is 0 Å². The number of ether oxygens (including phenoxy) is 1. The largest absolute Gasteiger partial charge is 0.490 e. The second kappa shape index (κ2) is 5.96. The Bertz CT molecular complexity index is 376. The third kappa shape index (κ3) is 3.97. The van der Waals surface area contributed by atoms with Crippen LogP contribution in [0.4, 0.5) is 8.78 Å². The van der Waals surface area contributed by atoms with Crippen LogP contribution in [-0.2, 0) is 0 Å². The van der Waals surface area contributed by atoms with Gasteiger partial charge in [-0.25, -0.2) is 4.39 Å². The Morgan fingerprint density at radius 2 is 1.88 bits per heavy atom. The molecule has 1 atom stereocenters. The van der Waals surface area contributed by atoms with Crippen LogP contribution in [0, 0.1) is 17.6 Å². The number of hydrogen-bond acceptors (Lipinski definition) is 2. The molecule has 96 valence electrons. The number of rotatable bonds is 5. The summed E-state index contributed by atoms with van der Waals surface area (Å²) in [7, 11) is 0. The highest BCUT2D eigenvalue weighted by Crippen LogP contribution is 2.25. The molecule has 0 bridgehead atoms. The lowest BCUT2D eigenvalue weighted by Gasteiger charge is -2.12. The van der Waals surface area contributed by atoms with Gasteiger partial charge in [0.15, 0.2) is 11.6 Å². The van der Waals surface area contributed by atoms with Crippen molar-refractivity contribution in [1.82, 2.24) is 0 Å². The summed E-state index contributed by atoms with van der Waals surface area (Å²) in [5.41, 5.74) is 0.309. The van der Waals surface area contributed by atoms with Crippen molar-refractivity contribution in [2.24, 2.45) is 5.92 Å². The smallest absolute Gasteiger partial charge is 0.200 e. The fourth-order valence-corrected chi connectivity index (χ4v) is 1.33. The summed E-state index contributed by atoms with van der Waals surface area (Å²) in [6.07, 6.45) is -0.0856. The maximum Gasteiger partial charge on any atom is 0.200 e. The van der Waals surface area contributed by atoms with E-state index in [1.54, 1.807) is 0 Å². The molecule has 0 saturated carbocycles. The van der Waals surface area contributed by atoms with Crippen molar-refractivity contribution in [1.29, 1.82) is 0 Å². The molecule has 0 spiro atoms. The minimum atomic E-state index is -1.00. The first-order valence-electron chi connectivity index (χ1n) is 5.71. The summed E-state index contributed by atoms with van der Waals surface area (Å²) in [6.45, 7) is 5.86. The standard InChI is InChI=1S/C13H18F2O2/c1-8(2)4-5-17-12-7-10(9(3)16)6-11(14)13(12)15/h6-9,16H,4-5H2,1-3H3. The van der Waals surface area contributed by atoms with Crippen LogP contribution in [0.5, 0.6) is 5.75 Å². The van der Waals surface area contributed by atoms with E-state index in [0.29, 0.717) is 18.1 Å². The van der Waals surface area contributed by atoms with Crippen LogP contribution in [0.15, 0.2) is 12.1 Å². The van der Waals surface area contributed by atoms with Crippen LogP contribution in [-0.4, -0.2) is 11.7 Å². The van der Waals surface area contributed by atoms with E-state index in [1.165, 1.54) is 13.0 Å². The fourth-order valence-electron chi connectivity index (χ4n) is 1.33. The molecule has 1 unspecified atom stereocenters. The van der Waals surface area contributed by atoms with Crippen molar-refractivity contribution in [2.45, 2.75) is 33.3 Å². The molecule has 4 heteroatoms. The quantitative estimate of drug-likeness (QED) is 0.859. The highest BCUT2D eigenvalue weighted by Gasteiger charge is 2.14. The SMILES string of the molecule is CC(C)CCOc1cc(C(C)O)cc(F)c1F. The normalized spacial score (nSPS) is 12.9. The predicted octanol–water partition coefficient (Wildman–Crippen LogP) is 3.44. The van der Waals surface area contributed by atoms with Crippen LogP contribution in [0.1, 0.15) is 38.9 Å². The molecule has 0 heterocycles. The van der Waals surface area contributed by atoms with Crippen molar-refractivity contribution in [2.75, 3.05) is 6.61 Å². The van der Waals surface area contributed by atoms with Gasteiger partial charge >= 0.3 is 0 Å². The second-order valence-corrected chi connectivity index (χ2v) is 4.52. The molecule has 17 heavy (non-hydrogen) atoms. The zero-order valence-electron chi connectivity index (χ0n) is 10.3. The number of aliphatic hydroxyl groups excluding tert-OH is 1. The van der Waals surface area contributed by atoms with Crippen molar-refractivity contribution >= 4 is 0 Å².